The molecule has 0 atom stereocenters. The number of amides is 1. The Hall–Kier alpha value is -3.80. The molecule has 0 saturated carbocycles. The Morgan fingerprint density at radius 3 is 2.14 bits per heavy atom. The van der Waals surface area contributed by atoms with Gasteiger partial charge in [-0.05, 0) is 48.0 Å². The van der Waals surface area contributed by atoms with Gasteiger partial charge in [0.15, 0.2) is 0 Å². The van der Waals surface area contributed by atoms with Gasteiger partial charge in [-0.2, -0.15) is 0 Å². The van der Waals surface area contributed by atoms with Crippen LogP contribution in [-0.4, -0.2) is 30.2 Å². The second kappa shape index (κ2) is 9.94. The highest BCUT2D eigenvalue weighted by Crippen LogP contribution is 2.15. The van der Waals surface area contributed by atoms with Gasteiger partial charge in [0.05, 0.1) is 5.56 Å². The van der Waals surface area contributed by atoms with Crippen LogP contribution in [0.4, 0.5) is 0 Å². The van der Waals surface area contributed by atoms with Crippen LogP contribution in [0, 0.1) is 0 Å². The molecule has 0 unspecified atom stereocenters. The first-order valence-corrected chi connectivity index (χ1v) is 9.13. The Morgan fingerprint density at radius 2 is 1.45 bits per heavy atom. The molecule has 1 amide bonds. The van der Waals surface area contributed by atoms with Gasteiger partial charge < -0.3 is 19.9 Å². The van der Waals surface area contributed by atoms with Crippen molar-refractivity contribution in [3.8, 4) is 11.5 Å². The number of hydrogen-bond donors (Lipinski definition) is 2. The van der Waals surface area contributed by atoms with Crippen LogP contribution in [0.5, 0.6) is 11.5 Å². The van der Waals surface area contributed by atoms with Gasteiger partial charge in [0.1, 0.15) is 24.7 Å². The van der Waals surface area contributed by atoms with Crippen molar-refractivity contribution in [1.82, 2.24) is 5.32 Å². The fourth-order valence-corrected chi connectivity index (χ4v) is 2.62. The molecule has 3 aromatic rings. The molecule has 0 aliphatic rings. The van der Waals surface area contributed by atoms with Crippen LogP contribution >= 0.6 is 0 Å². The average Bonchev–Trinajstić information content (AvgIpc) is 2.76. The molecule has 0 saturated heterocycles. The number of nitrogens with one attached hydrogen (secondary N) is 1. The third-order valence-electron chi connectivity index (χ3n) is 4.11. The third-order valence-corrected chi connectivity index (χ3v) is 4.11. The van der Waals surface area contributed by atoms with Crippen molar-refractivity contribution in [3.63, 3.8) is 0 Å². The minimum absolute atomic E-state index is 0.151. The predicted molar refractivity (Wildman–Crippen MR) is 108 cm³/mol. The summed E-state index contributed by atoms with van der Waals surface area (Å²) in [6.45, 7) is 1.03. The zero-order chi connectivity index (χ0) is 20.5. The van der Waals surface area contributed by atoms with Crippen LogP contribution in [0.15, 0.2) is 78.9 Å². The van der Waals surface area contributed by atoms with Gasteiger partial charge in [-0.3, -0.25) is 4.79 Å². The molecule has 0 heterocycles. The first-order valence-electron chi connectivity index (χ1n) is 9.13. The van der Waals surface area contributed by atoms with Crippen molar-refractivity contribution in [2.45, 2.75) is 6.54 Å². The molecule has 6 nitrogen and oxygen atoms in total. The minimum atomic E-state index is -1.00. The number of carbonyl (C=O) groups is 2. The summed E-state index contributed by atoms with van der Waals surface area (Å²) in [5, 5.41) is 11.8. The summed E-state index contributed by atoms with van der Waals surface area (Å²) in [5.74, 6) is -0.0620. The lowest BCUT2D eigenvalue weighted by molar-refractivity contribution is 0.0696. The largest absolute Gasteiger partial charge is 0.490 e. The molecular formula is C23H21NO5. The molecular weight excluding hydrogens is 370 g/mol. The lowest BCUT2D eigenvalue weighted by atomic mass is 10.2. The second-order valence-corrected chi connectivity index (χ2v) is 6.22. The van der Waals surface area contributed by atoms with Crippen LogP contribution in [0.2, 0.25) is 0 Å². The van der Waals surface area contributed by atoms with Crippen LogP contribution in [0.3, 0.4) is 0 Å². The van der Waals surface area contributed by atoms with Gasteiger partial charge in [0, 0.05) is 12.1 Å². The van der Waals surface area contributed by atoms with Gasteiger partial charge >= 0.3 is 5.97 Å². The number of aromatic carboxylic acids is 1. The molecule has 148 valence electrons. The van der Waals surface area contributed by atoms with Crippen molar-refractivity contribution in [1.29, 1.82) is 0 Å². The van der Waals surface area contributed by atoms with Crippen LogP contribution < -0.4 is 14.8 Å². The summed E-state index contributed by atoms with van der Waals surface area (Å²) in [4.78, 5) is 23.2. The molecule has 0 radical (unpaired) electrons. The van der Waals surface area contributed by atoms with Crippen LogP contribution in [0.1, 0.15) is 26.3 Å². The summed E-state index contributed by atoms with van der Waals surface area (Å²) in [6, 6.07) is 22.8. The van der Waals surface area contributed by atoms with Gasteiger partial charge in [-0.1, -0.05) is 36.4 Å². The molecule has 0 aliphatic carbocycles. The van der Waals surface area contributed by atoms with Crippen molar-refractivity contribution in [2.24, 2.45) is 0 Å². The zero-order valence-corrected chi connectivity index (χ0v) is 15.7. The van der Waals surface area contributed by atoms with E-state index in [1.165, 1.54) is 12.1 Å². The molecule has 0 fully saturated rings. The fraction of sp³-hybridized carbons (Fsp3) is 0.130. The standard InChI is InChI=1S/C23H21NO5/c25-22(24-16-17-5-2-1-3-6-17)18-9-11-20(12-10-18)28-13-14-29-21-8-4-7-19(15-21)23(26)27/h1-12,15H,13-14,16H2,(H,24,25)(H,26,27). The first-order chi connectivity index (χ1) is 14.1. The van der Waals surface area contributed by atoms with E-state index in [2.05, 4.69) is 5.32 Å². The maximum Gasteiger partial charge on any atom is 0.335 e. The number of carboxylic acids is 1. The van der Waals surface area contributed by atoms with Crippen LogP contribution in [-0.2, 0) is 6.54 Å². The molecule has 0 spiro atoms. The first kappa shape index (κ1) is 19.9. The van der Waals surface area contributed by atoms with E-state index in [-0.39, 0.29) is 24.7 Å². The summed E-state index contributed by atoms with van der Waals surface area (Å²) in [7, 11) is 0. The number of rotatable bonds is 9. The Bertz CT molecular complexity index is 955. The molecule has 0 aliphatic heterocycles. The van der Waals surface area contributed by atoms with Gasteiger partial charge in [-0.15, -0.1) is 0 Å². The summed E-state index contributed by atoms with van der Waals surface area (Å²) < 4.78 is 11.1. The monoisotopic (exact) mass is 391 g/mol. The van der Waals surface area contributed by atoms with E-state index in [9.17, 15) is 9.59 Å². The lowest BCUT2D eigenvalue weighted by Gasteiger charge is -2.10. The quantitative estimate of drug-likeness (QED) is 0.543. The minimum Gasteiger partial charge on any atom is -0.490 e. The molecule has 3 aromatic carbocycles. The molecule has 29 heavy (non-hydrogen) atoms. The maximum absolute atomic E-state index is 12.2. The number of ether oxygens (including phenoxy) is 2. The van der Waals surface area contributed by atoms with Crippen molar-refractivity contribution >= 4 is 11.9 Å². The summed E-state index contributed by atoms with van der Waals surface area (Å²) in [6.07, 6.45) is 0. The zero-order valence-electron chi connectivity index (χ0n) is 15.7. The lowest BCUT2D eigenvalue weighted by Crippen LogP contribution is -2.22. The highest BCUT2D eigenvalue weighted by molar-refractivity contribution is 5.94. The Labute approximate surface area is 168 Å². The molecule has 3 rings (SSSR count). The Morgan fingerprint density at radius 1 is 0.759 bits per heavy atom. The second-order valence-electron chi connectivity index (χ2n) is 6.22. The van der Waals surface area contributed by atoms with Crippen molar-refractivity contribution < 1.29 is 24.2 Å². The van der Waals surface area contributed by atoms with Crippen molar-refractivity contribution in [2.75, 3.05) is 13.2 Å². The van der Waals surface area contributed by atoms with Gasteiger partial charge in [0.2, 0.25) is 0 Å². The fourth-order valence-electron chi connectivity index (χ4n) is 2.62. The van der Waals surface area contributed by atoms with Crippen LogP contribution in [0.25, 0.3) is 0 Å². The maximum atomic E-state index is 12.2. The summed E-state index contributed by atoms with van der Waals surface area (Å²) >= 11 is 0. The van der Waals surface area contributed by atoms with E-state index in [1.54, 1.807) is 36.4 Å². The molecule has 6 heteroatoms. The normalized spacial score (nSPS) is 10.2. The number of carbonyl (C=O) groups excluding carboxylic acids is 1. The highest BCUT2D eigenvalue weighted by Gasteiger charge is 2.06. The number of hydrogen-bond acceptors (Lipinski definition) is 4. The Kier molecular flexibility index (Phi) is 6.84. The topological polar surface area (TPSA) is 84.9 Å². The molecule has 0 bridgehead atoms. The predicted octanol–water partition coefficient (Wildman–Crippen LogP) is 3.77. The van der Waals surface area contributed by atoms with Crippen molar-refractivity contribution in [3.05, 3.63) is 95.6 Å². The molecule has 0 aromatic heterocycles. The van der Waals surface area contributed by atoms with Gasteiger partial charge in [0.25, 0.3) is 5.91 Å². The summed E-state index contributed by atoms with van der Waals surface area (Å²) in [5.41, 5.74) is 1.76. The Balaban J connectivity index is 1.42. The number of benzene rings is 3. The van der Waals surface area contributed by atoms with E-state index in [0.717, 1.165) is 5.56 Å². The smallest absolute Gasteiger partial charge is 0.335 e. The number of carboxylic acid groups (broad SMARTS) is 1. The van der Waals surface area contributed by atoms with E-state index in [1.807, 2.05) is 30.3 Å². The van der Waals surface area contributed by atoms with E-state index in [0.29, 0.717) is 23.6 Å². The van der Waals surface area contributed by atoms with E-state index >= 15 is 0 Å². The van der Waals surface area contributed by atoms with Gasteiger partial charge in [-0.25, -0.2) is 4.79 Å². The van der Waals surface area contributed by atoms with E-state index < -0.39 is 5.97 Å². The average molecular weight is 391 g/mol. The van der Waals surface area contributed by atoms with E-state index in [4.69, 9.17) is 14.6 Å². The SMILES string of the molecule is O=C(O)c1cccc(OCCOc2ccc(C(=O)NCc3ccccc3)cc2)c1. The highest BCUT2D eigenvalue weighted by atomic mass is 16.5. The third kappa shape index (κ3) is 6.10. The molecule has 2 N–H and O–H groups in total.